The van der Waals surface area contributed by atoms with E-state index in [4.69, 9.17) is 4.98 Å². The molecule has 0 saturated heterocycles. The second-order valence-electron chi connectivity index (χ2n) is 9.42. The van der Waals surface area contributed by atoms with Gasteiger partial charge in [-0.25, -0.2) is 15.0 Å². The second-order valence-corrected chi connectivity index (χ2v) is 9.42. The molecule has 34 heavy (non-hydrogen) atoms. The van der Waals surface area contributed by atoms with Crippen molar-refractivity contribution in [2.45, 2.75) is 59.5 Å². The van der Waals surface area contributed by atoms with Gasteiger partial charge < -0.3 is 9.47 Å². The van der Waals surface area contributed by atoms with Crippen LogP contribution in [0.2, 0.25) is 0 Å². The van der Waals surface area contributed by atoms with Gasteiger partial charge in [0.25, 0.3) is 0 Å². The number of nitrogens with zero attached hydrogens (tertiary/aromatic N) is 7. The van der Waals surface area contributed by atoms with Gasteiger partial charge in [0.05, 0.1) is 17.7 Å². The maximum absolute atomic E-state index is 13.0. The molecule has 8 heteroatoms. The summed E-state index contributed by atoms with van der Waals surface area (Å²) in [6.07, 6.45) is 5.95. The van der Waals surface area contributed by atoms with Crippen LogP contribution >= 0.6 is 0 Å². The van der Waals surface area contributed by atoms with Crippen LogP contribution in [0.25, 0.3) is 33.8 Å². The molecule has 1 amide bonds. The zero-order valence-electron chi connectivity index (χ0n) is 20.1. The molecule has 1 saturated carbocycles. The Morgan fingerprint density at radius 3 is 2.65 bits per heavy atom. The predicted molar refractivity (Wildman–Crippen MR) is 132 cm³/mol. The van der Waals surface area contributed by atoms with Crippen molar-refractivity contribution in [1.82, 2.24) is 29.3 Å². The Morgan fingerprint density at radius 1 is 1.12 bits per heavy atom. The van der Waals surface area contributed by atoms with Gasteiger partial charge in [0.2, 0.25) is 5.91 Å². The average molecular weight is 456 g/mol. The maximum Gasteiger partial charge on any atom is 0.234 e. The van der Waals surface area contributed by atoms with Gasteiger partial charge in [0.15, 0.2) is 5.65 Å². The highest BCUT2D eigenvalue weighted by Crippen LogP contribution is 2.42. The number of imidazole rings is 1. The number of anilines is 1. The number of aromatic nitrogens is 6. The summed E-state index contributed by atoms with van der Waals surface area (Å²) in [6, 6.07) is 6.27. The molecule has 1 unspecified atom stereocenters. The fourth-order valence-electron chi connectivity index (χ4n) is 5.16. The summed E-state index contributed by atoms with van der Waals surface area (Å²) in [6.45, 7) is 10.7. The zero-order chi connectivity index (χ0) is 23.6. The van der Waals surface area contributed by atoms with Crippen LogP contribution < -0.4 is 4.90 Å². The van der Waals surface area contributed by atoms with Crippen LogP contribution in [-0.4, -0.2) is 41.8 Å². The van der Waals surface area contributed by atoms with Crippen molar-refractivity contribution in [2.24, 2.45) is 5.92 Å². The van der Waals surface area contributed by atoms with Crippen molar-refractivity contribution in [3.8, 4) is 22.6 Å². The SMILES string of the molecule is CCn1ncc(-c2nc3c(-c4ccc5c(c4)C(C)C(=O)N5CC4CC4)ncnc3n2CC)c1C. The van der Waals surface area contributed by atoms with E-state index in [0.717, 1.165) is 70.4 Å². The third kappa shape index (κ3) is 3.08. The molecule has 0 spiro atoms. The first kappa shape index (κ1) is 21.0. The molecule has 1 atom stereocenters. The molecule has 4 heterocycles. The molecular weight excluding hydrogens is 426 g/mol. The standard InChI is InChI=1S/C26H29N7O/c1-5-31-24(20-12-29-33(6-2)16(20)4)30-23-22(27-14-28-25(23)31)18-9-10-21-19(11-18)15(3)26(34)32(21)13-17-7-8-17/h9-12,14-15,17H,5-8,13H2,1-4H3. The molecule has 1 fully saturated rings. The summed E-state index contributed by atoms with van der Waals surface area (Å²) < 4.78 is 4.11. The Bertz CT molecular complexity index is 1430. The lowest BCUT2D eigenvalue weighted by Crippen LogP contribution is -2.30. The molecule has 1 aliphatic heterocycles. The third-order valence-corrected chi connectivity index (χ3v) is 7.32. The minimum absolute atomic E-state index is 0.141. The van der Waals surface area contributed by atoms with E-state index in [1.54, 1.807) is 6.33 Å². The summed E-state index contributed by atoms with van der Waals surface area (Å²) in [5.41, 5.74) is 7.56. The first-order chi connectivity index (χ1) is 16.5. The lowest BCUT2D eigenvalue weighted by Gasteiger charge is -2.17. The molecule has 3 aromatic heterocycles. The average Bonchev–Trinajstić information content (AvgIpc) is 3.42. The highest BCUT2D eigenvalue weighted by atomic mass is 16.2. The Labute approximate surface area is 198 Å². The first-order valence-corrected chi connectivity index (χ1v) is 12.2. The monoisotopic (exact) mass is 455 g/mol. The minimum atomic E-state index is -0.141. The number of hydrogen-bond donors (Lipinski definition) is 0. The van der Waals surface area contributed by atoms with Gasteiger partial charge in [0, 0.05) is 36.6 Å². The highest BCUT2D eigenvalue weighted by molar-refractivity contribution is 6.05. The summed E-state index contributed by atoms with van der Waals surface area (Å²) in [7, 11) is 0. The van der Waals surface area contributed by atoms with Gasteiger partial charge in [-0.3, -0.25) is 9.48 Å². The fourth-order valence-corrected chi connectivity index (χ4v) is 5.16. The van der Waals surface area contributed by atoms with Gasteiger partial charge in [-0.05, 0) is 64.2 Å². The molecule has 6 rings (SSSR count). The number of hydrogen-bond acceptors (Lipinski definition) is 5. The molecule has 1 aromatic carbocycles. The predicted octanol–water partition coefficient (Wildman–Crippen LogP) is 4.57. The largest absolute Gasteiger partial charge is 0.311 e. The van der Waals surface area contributed by atoms with Crippen LogP contribution in [0.3, 0.4) is 0 Å². The lowest BCUT2D eigenvalue weighted by molar-refractivity contribution is -0.119. The van der Waals surface area contributed by atoms with Crippen molar-refractivity contribution in [3.63, 3.8) is 0 Å². The Hall–Kier alpha value is -3.55. The maximum atomic E-state index is 13.0. The Morgan fingerprint density at radius 2 is 1.94 bits per heavy atom. The van der Waals surface area contributed by atoms with Gasteiger partial charge in [-0.2, -0.15) is 5.10 Å². The smallest absolute Gasteiger partial charge is 0.234 e. The van der Waals surface area contributed by atoms with Crippen molar-refractivity contribution < 1.29 is 4.79 Å². The fraction of sp³-hybridized carbons (Fsp3) is 0.423. The molecule has 8 nitrogen and oxygen atoms in total. The summed E-state index contributed by atoms with van der Waals surface area (Å²) in [5, 5.41) is 4.51. The van der Waals surface area contributed by atoms with Crippen LogP contribution in [0.4, 0.5) is 5.69 Å². The third-order valence-electron chi connectivity index (χ3n) is 7.32. The van der Waals surface area contributed by atoms with Gasteiger partial charge in [-0.15, -0.1) is 0 Å². The molecular formula is C26H29N7O. The van der Waals surface area contributed by atoms with Crippen molar-refractivity contribution in [3.05, 3.63) is 42.0 Å². The van der Waals surface area contributed by atoms with Crippen LogP contribution in [0, 0.1) is 12.8 Å². The Balaban J connectivity index is 1.48. The molecule has 174 valence electrons. The lowest BCUT2D eigenvalue weighted by atomic mass is 9.99. The van der Waals surface area contributed by atoms with E-state index in [1.807, 2.05) is 22.7 Å². The van der Waals surface area contributed by atoms with Crippen LogP contribution in [0.5, 0.6) is 0 Å². The highest BCUT2D eigenvalue weighted by Gasteiger charge is 2.37. The van der Waals surface area contributed by atoms with Crippen molar-refractivity contribution in [1.29, 1.82) is 0 Å². The molecule has 0 radical (unpaired) electrons. The number of aryl methyl sites for hydroxylation is 2. The molecule has 1 aliphatic carbocycles. The van der Waals surface area contributed by atoms with Gasteiger partial charge >= 0.3 is 0 Å². The Kier molecular flexibility index (Phi) is 4.79. The quantitative estimate of drug-likeness (QED) is 0.426. The topological polar surface area (TPSA) is 81.7 Å². The second kappa shape index (κ2) is 7.75. The van der Waals surface area contributed by atoms with E-state index in [0.29, 0.717) is 5.92 Å². The number of amides is 1. The van der Waals surface area contributed by atoms with E-state index in [1.165, 1.54) is 12.8 Å². The minimum Gasteiger partial charge on any atom is -0.311 e. The molecule has 0 bridgehead atoms. The molecule has 2 aliphatic rings. The van der Waals surface area contributed by atoms with Crippen LogP contribution in [0.1, 0.15) is 50.8 Å². The van der Waals surface area contributed by atoms with Crippen LogP contribution in [-0.2, 0) is 17.9 Å². The van der Waals surface area contributed by atoms with E-state index in [9.17, 15) is 4.79 Å². The number of fused-ring (bicyclic) bond motifs is 2. The zero-order valence-corrected chi connectivity index (χ0v) is 20.1. The molecule has 0 N–H and O–H groups in total. The van der Waals surface area contributed by atoms with E-state index in [-0.39, 0.29) is 11.8 Å². The van der Waals surface area contributed by atoms with E-state index < -0.39 is 0 Å². The number of carbonyl (C=O) groups excluding carboxylic acids is 1. The normalized spacial score (nSPS) is 17.7. The number of rotatable bonds is 6. The number of carbonyl (C=O) groups is 1. The van der Waals surface area contributed by atoms with Crippen LogP contribution in [0.15, 0.2) is 30.7 Å². The van der Waals surface area contributed by atoms with Crippen molar-refractivity contribution >= 4 is 22.8 Å². The number of benzene rings is 1. The van der Waals surface area contributed by atoms with Gasteiger partial charge in [-0.1, -0.05) is 6.07 Å². The van der Waals surface area contributed by atoms with Gasteiger partial charge in [0.1, 0.15) is 23.4 Å². The van der Waals surface area contributed by atoms with Crippen molar-refractivity contribution in [2.75, 3.05) is 11.4 Å². The molecule has 4 aromatic rings. The van der Waals surface area contributed by atoms with E-state index in [2.05, 4.69) is 58.6 Å². The summed E-state index contributed by atoms with van der Waals surface area (Å²) in [5.74, 6) is 1.57. The first-order valence-electron chi connectivity index (χ1n) is 12.2. The summed E-state index contributed by atoms with van der Waals surface area (Å²) in [4.78, 5) is 29.2. The van der Waals surface area contributed by atoms with E-state index >= 15 is 0 Å². The summed E-state index contributed by atoms with van der Waals surface area (Å²) >= 11 is 0.